The highest BCUT2D eigenvalue weighted by Gasteiger charge is 2.23. The topological polar surface area (TPSA) is 68.0 Å². The number of hydrogen-bond acceptors (Lipinski definition) is 4. The Morgan fingerprint density at radius 2 is 2.32 bits per heavy atom. The number of anilines is 1. The molecule has 6 heteroatoms. The molecular formula is C13H20ClN3OS. The van der Waals surface area contributed by atoms with Gasteiger partial charge in [-0.25, -0.2) is 0 Å². The first-order valence-corrected chi connectivity index (χ1v) is 7.52. The number of thioether (sulfide) groups is 1. The van der Waals surface area contributed by atoms with Crippen molar-refractivity contribution in [3.63, 3.8) is 0 Å². The van der Waals surface area contributed by atoms with Crippen LogP contribution >= 0.6 is 24.2 Å². The molecule has 0 bridgehead atoms. The van der Waals surface area contributed by atoms with Crippen LogP contribution in [0.1, 0.15) is 36.0 Å². The summed E-state index contributed by atoms with van der Waals surface area (Å²) < 4.78 is 0. The largest absolute Gasteiger partial charge is 0.398 e. The van der Waals surface area contributed by atoms with Crippen molar-refractivity contribution in [2.24, 2.45) is 0 Å². The number of pyridine rings is 1. The molecule has 1 aromatic rings. The predicted octanol–water partition coefficient (Wildman–Crippen LogP) is 2.49. The van der Waals surface area contributed by atoms with Gasteiger partial charge in [0.1, 0.15) is 0 Å². The molecule has 1 heterocycles. The van der Waals surface area contributed by atoms with E-state index in [0.717, 1.165) is 12.8 Å². The smallest absolute Gasteiger partial charge is 0.255 e. The number of nitrogens with two attached hydrogens (primary N) is 1. The van der Waals surface area contributed by atoms with Crippen LogP contribution in [-0.2, 0) is 0 Å². The van der Waals surface area contributed by atoms with E-state index in [1.807, 2.05) is 11.8 Å². The minimum Gasteiger partial charge on any atom is -0.398 e. The van der Waals surface area contributed by atoms with Gasteiger partial charge in [0, 0.05) is 29.4 Å². The van der Waals surface area contributed by atoms with Gasteiger partial charge in [-0.1, -0.05) is 6.42 Å². The van der Waals surface area contributed by atoms with Crippen molar-refractivity contribution in [2.45, 2.75) is 37.0 Å². The van der Waals surface area contributed by atoms with Gasteiger partial charge in [-0.3, -0.25) is 9.78 Å². The number of nitrogens with one attached hydrogen (secondary N) is 1. The van der Waals surface area contributed by atoms with Crippen LogP contribution in [0.3, 0.4) is 0 Å². The summed E-state index contributed by atoms with van der Waals surface area (Å²) in [6, 6.07) is 1.92. The highest BCUT2D eigenvalue weighted by atomic mass is 35.5. The van der Waals surface area contributed by atoms with Crippen LogP contribution in [0.5, 0.6) is 0 Å². The fourth-order valence-corrected chi connectivity index (χ4v) is 3.18. The van der Waals surface area contributed by atoms with Gasteiger partial charge in [-0.15, -0.1) is 12.4 Å². The van der Waals surface area contributed by atoms with Crippen LogP contribution in [0.15, 0.2) is 18.5 Å². The quantitative estimate of drug-likeness (QED) is 0.900. The highest BCUT2D eigenvalue weighted by Crippen LogP contribution is 2.27. The van der Waals surface area contributed by atoms with Crippen molar-refractivity contribution >= 4 is 35.8 Å². The van der Waals surface area contributed by atoms with Gasteiger partial charge in [-0.05, 0) is 31.6 Å². The Balaban J connectivity index is 0.00000180. The maximum Gasteiger partial charge on any atom is 0.255 e. The molecule has 4 nitrogen and oxygen atoms in total. The first-order chi connectivity index (χ1) is 8.70. The van der Waals surface area contributed by atoms with Gasteiger partial charge in [0.15, 0.2) is 0 Å². The van der Waals surface area contributed by atoms with E-state index in [2.05, 4.69) is 16.6 Å². The third-order valence-electron chi connectivity index (χ3n) is 3.39. The molecule has 1 aromatic heterocycles. The summed E-state index contributed by atoms with van der Waals surface area (Å²) in [5.41, 5.74) is 6.74. The van der Waals surface area contributed by atoms with Crippen molar-refractivity contribution < 1.29 is 4.79 Å². The number of nitrogens with zero attached hydrogens (tertiary/aromatic N) is 1. The van der Waals surface area contributed by atoms with Gasteiger partial charge in [0.05, 0.1) is 5.56 Å². The zero-order valence-electron chi connectivity index (χ0n) is 11.0. The molecule has 0 aromatic carbocycles. The van der Waals surface area contributed by atoms with Crippen LogP contribution in [0.4, 0.5) is 5.69 Å². The first-order valence-electron chi connectivity index (χ1n) is 6.24. The summed E-state index contributed by atoms with van der Waals surface area (Å²) in [5.74, 6) is -0.104. The van der Waals surface area contributed by atoms with Crippen LogP contribution in [0.2, 0.25) is 0 Å². The van der Waals surface area contributed by atoms with E-state index >= 15 is 0 Å². The Labute approximate surface area is 124 Å². The maximum atomic E-state index is 12.1. The number of halogens is 1. The van der Waals surface area contributed by atoms with E-state index in [1.165, 1.54) is 19.0 Å². The summed E-state index contributed by atoms with van der Waals surface area (Å²) in [6.07, 6.45) is 9.79. The van der Waals surface area contributed by atoms with Gasteiger partial charge in [0.25, 0.3) is 5.91 Å². The molecule has 1 saturated carbocycles. The molecule has 2 unspecified atom stereocenters. The highest BCUT2D eigenvalue weighted by molar-refractivity contribution is 7.99. The van der Waals surface area contributed by atoms with Crippen molar-refractivity contribution in [3.8, 4) is 0 Å². The minimum absolute atomic E-state index is 0. The summed E-state index contributed by atoms with van der Waals surface area (Å²) in [6.45, 7) is 0. The zero-order valence-corrected chi connectivity index (χ0v) is 12.6. The molecule has 0 spiro atoms. The number of hydrogen-bond donors (Lipinski definition) is 2. The van der Waals surface area contributed by atoms with Crippen molar-refractivity contribution in [3.05, 3.63) is 24.0 Å². The van der Waals surface area contributed by atoms with E-state index in [4.69, 9.17) is 5.73 Å². The molecular weight excluding hydrogens is 282 g/mol. The monoisotopic (exact) mass is 301 g/mol. The molecule has 2 rings (SSSR count). The summed E-state index contributed by atoms with van der Waals surface area (Å²) >= 11 is 1.89. The molecule has 1 aliphatic rings. The van der Waals surface area contributed by atoms with Crippen molar-refractivity contribution in [2.75, 3.05) is 12.0 Å². The second-order valence-corrected chi connectivity index (χ2v) is 5.80. The molecule has 0 aliphatic heterocycles. The molecule has 1 fully saturated rings. The number of carbonyl (C=O) groups is 1. The van der Waals surface area contributed by atoms with E-state index in [1.54, 1.807) is 12.3 Å². The van der Waals surface area contributed by atoms with Crippen molar-refractivity contribution in [1.82, 2.24) is 10.3 Å². The molecule has 1 aliphatic carbocycles. The Morgan fingerprint density at radius 3 is 3.00 bits per heavy atom. The fourth-order valence-electron chi connectivity index (χ4n) is 2.35. The second kappa shape index (κ2) is 7.60. The summed E-state index contributed by atoms with van der Waals surface area (Å²) in [7, 11) is 0. The lowest BCUT2D eigenvalue weighted by molar-refractivity contribution is 0.0929. The molecule has 106 valence electrons. The van der Waals surface area contributed by atoms with E-state index in [9.17, 15) is 4.79 Å². The molecule has 2 atom stereocenters. The molecule has 0 saturated heterocycles. The lowest BCUT2D eigenvalue weighted by Gasteiger charge is -2.28. The van der Waals surface area contributed by atoms with Gasteiger partial charge >= 0.3 is 0 Å². The normalized spacial score (nSPS) is 22.4. The second-order valence-electron chi connectivity index (χ2n) is 4.66. The Kier molecular flexibility index (Phi) is 6.45. The van der Waals surface area contributed by atoms with E-state index < -0.39 is 0 Å². The maximum absolute atomic E-state index is 12.1. The Bertz CT molecular complexity index is 430. The van der Waals surface area contributed by atoms with Crippen LogP contribution in [-0.4, -0.2) is 28.4 Å². The zero-order chi connectivity index (χ0) is 13.0. The molecule has 0 radical (unpaired) electrons. The fraction of sp³-hybridized carbons (Fsp3) is 0.538. The van der Waals surface area contributed by atoms with Crippen molar-refractivity contribution in [1.29, 1.82) is 0 Å². The average Bonchev–Trinajstić information content (AvgIpc) is 2.39. The van der Waals surface area contributed by atoms with Crippen LogP contribution in [0, 0.1) is 0 Å². The average molecular weight is 302 g/mol. The summed E-state index contributed by atoms with van der Waals surface area (Å²) in [5, 5.41) is 3.73. The van der Waals surface area contributed by atoms with Gasteiger partial charge < -0.3 is 11.1 Å². The number of carbonyl (C=O) groups excluding carboxylic acids is 1. The van der Waals surface area contributed by atoms with E-state index in [-0.39, 0.29) is 24.4 Å². The number of nitrogen functional groups attached to an aromatic ring is 1. The molecule has 19 heavy (non-hydrogen) atoms. The molecule has 1 amide bonds. The Hall–Kier alpha value is -0.940. The molecule has 3 N–H and O–H groups in total. The minimum atomic E-state index is -0.104. The number of rotatable bonds is 3. The lowest BCUT2D eigenvalue weighted by Crippen LogP contribution is -2.39. The summed E-state index contributed by atoms with van der Waals surface area (Å²) in [4.78, 5) is 16.0. The first kappa shape index (κ1) is 16.1. The third-order valence-corrected chi connectivity index (χ3v) is 4.49. The Morgan fingerprint density at radius 1 is 1.53 bits per heavy atom. The standard InChI is InChI=1S/C13H19N3OS.ClH/c1-18-10-4-2-3-9(7-10)16-13(17)11-8-15-6-5-12(11)14;/h5-6,8-10H,2-4,7H2,1H3,(H2,14,15)(H,16,17);1H. The SMILES string of the molecule is CSC1CCCC(NC(=O)c2cnccc2N)C1.Cl. The van der Waals surface area contributed by atoms with Gasteiger partial charge in [-0.2, -0.15) is 11.8 Å². The van der Waals surface area contributed by atoms with Crippen LogP contribution < -0.4 is 11.1 Å². The lowest BCUT2D eigenvalue weighted by atomic mass is 9.94. The van der Waals surface area contributed by atoms with Crippen LogP contribution in [0.25, 0.3) is 0 Å². The van der Waals surface area contributed by atoms with E-state index in [0.29, 0.717) is 16.5 Å². The third kappa shape index (κ3) is 4.28. The number of amides is 1. The predicted molar refractivity (Wildman–Crippen MR) is 82.9 cm³/mol. The number of aromatic nitrogens is 1. The van der Waals surface area contributed by atoms with Gasteiger partial charge in [0.2, 0.25) is 0 Å².